The van der Waals surface area contributed by atoms with E-state index in [2.05, 4.69) is 5.32 Å². The van der Waals surface area contributed by atoms with Crippen LogP contribution >= 0.6 is 11.6 Å². The van der Waals surface area contributed by atoms with E-state index in [1.807, 2.05) is 24.3 Å². The molecule has 0 spiro atoms. The summed E-state index contributed by atoms with van der Waals surface area (Å²) in [6.45, 7) is 0.268. The standard InChI is InChI=1S/C19H15ClN2O3/c20-12-7-8-17(23)15(10-12)18-21-16-6-2-1-5-14(16)19(24)22(18)11-13-4-3-9-25-13/h1-10,18,21,23H,11H2/t18-/m1/s1. The van der Waals surface area contributed by atoms with E-state index < -0.39 is 6.17 Å². The number of hydrogen-bond acceptors (Lipinski definition) is 4. The van der Waals surface area contributed by atoms with E-state index in [9.17, 15) is 9.90 Å². The Morgan fingerprint density at radius 2 is 2.00 bits per heavy atom. The average molecular weight is 355 g/mol. The number of fused-ring (bicyclic) bond motifs is 1. The van der Waals surface area contributed by atoms with Crippen molar-refractivity contribution in [3.05, 3.63) is 82.8 Å². The molecular weight excluding hydrogens is 340 g/mol. The SMILES string of the molecule is O=C1c2ccccc2N[C@@H](c2cc(Cl)ccc2O)N1Cc1ccco1. The molecule has 0 unspecified atom stereocenters. The minimum atomic E-state index is -0.564. The Bertz CT molecular complexity index is 924. The number of amides is 1. The fraction of sp³-hybridized carbons (Fsp3) is 0.105. The van der Waals surface area contributed by atoms with Gasteiger partial charge in [-0.2, -0.15) is 0 Å². The summed E-state index contributed by atoms with van der Waals surface area (Å²) >= 11 is 6.10. The van der Waals surface area contributed by atoms with Crippen LogP contribution in [0.1, 0.15) is 27.8 Å². The van der Waals surface area contributed by atoms with Crippen LogP contribution in [0.3, 0.4) is 0 Å². The van der Waals surface area contributed by atoms with Gasteiger partial charge >= 0.3 is 0 Å². The van der Waals surface area contributed by atoms with Crippen LogP contribution < -0.4 is 5.32 Å². The molecule has 1 amide bonds. The summed E-state index contributed by atoms with van der Waals surface area (Å²) in [7, 11) is 0. The maximum atomic E-state index is 13.1. The zero-order valence-electron chi connectivity index (χ0n) is 13.1. The summed E-state index contributed by atoms with van der Waals surface area (Å²) in [5.41, 5.74) is 1.82. The summed E-state index contributed by atoms with van der Waals surface area (Å²) in [4.78, 5) is 14.7. The molecule has 126 valence electrons. The smallest absolute Gasteiger partial charge is 0.258 e. The molecule has 6 heteroatoms. The van der Waals surface area contributed by atoms with Crippen LogP contribution in [-0.2, 0) is 6.54 Å². The Morgan fingerprint density at radius 3 is 2.80 bits per heavy atom. The number of nitrogens with one attached hydrogen (secondary N) is 1. The third-order valence-corrected chi connectivity index (χ3v) is 4.45. The van der Waals surface area contributed by atoms with Crippen molar-refractivity contribution in [1.82, 2.24) is 4.90 Å². The second kappa shape index (κ2) is 6.18. The molecular formula is C19H15ClN2O3. The molecule has 0 bridgehead atoms. The first-order valence-electron chi connectivity index (χ1n) is 7.81. The number of nitrogens with zero attached hydrogens (tertiary/aromatic N) is 1. The van der Waals surface area contributed by atoms with Crippen molar-refractivity contribution in [3.63, 3.8) is 0 Å². The van der Waals surface area contributed by atoms with Crippen LogP contribution in [0.15, 0.2) is 65.3 Å². The molecule has 0 saturated carbocycles. The lowest BCUT2D eigenvalue weighted by Gasteiger charge is -2.38. The molecule has 1 aliphatic heterocycles. The van der Waals surface area contributed by atoms with Crippen molar-refractivity contribution in [2.24, 2.45) is 0 Å². The second-order valence-corrected chi connectivity index (χ2v) is 6.24. The largest absolute Gasteiger partial charge is 0.508 e. The van der Waals surface area contributed by atoms with Crippen molar-refractivity contribution in [2.45, 2.75) is 12.7 Å². The molecule has 4 rings (SSSR count). The quantitative estimate of drug-likeness (QED) is 0.731. The number of aromatic hydroxyl groups is 1. The Labute approximate surface area is 149 Å². The summed E-state index contributed by atoms with van der Waals surface area (Å²) in [5, 5.41) is 14.1. The summed E-state index contributed by atoms with van der Waals surface area (Å²) in [6.07, 6.45) is 1.00. The van der Waals surface area contributed by atoms with E-state index >= 15 is 0 Å². The van der Waals surface area contributed by atoms with E-state index in [0.717, 1.165) is 0 Å². The van der Waals surface area contributed by atoms with Gasteiger partial charge in [-0.1, -0.05) is 23.7 Å². The first-order valence-corrected chi connectivity index (χ1v) is 8.18. The molecule has 1 aromatic heterocycles. The number of anilines is 1. The van der Waals surface area contributed by atoms with Crippen molar-refractivity contribution in [3.8, 4) is 5.75 Å². The molecule has 0 radical (unpaired) electrons. The van der Waals surface area contributed by atoms with Crippen molar-refractivity contribution in [2.75, 3.05) is 5.32 Å². The number of phenols is 1. The summed E-state index contributed by atoms with van der Waals surface area (Å²) < 4.78 is 5.40. The topological polar surface area (TPSA) is 65.7 Å². The van der Waals surface area contributed by atoms with Crippen LogP contribution in [0.5, 0.6) is 5.75 Å². The van der Waals surface area contributed by atoms with Crippen LogP contribution in [0, 0.1) is 0 Å². The summed E-state index contributed by atoms with van der Waals surface area (Å²) in [5.74, 6) is 0.578. The minimum Gasteiger partial charge on any atom is -0.508 e. The molecule has 1 aliphatic rings. The maximum Gasteiger partial charge on any atom is 0.258 e. The van der Waals surface area contributed by atoms with Crippen LogP contribution in [0.2, 0.25) is 5.02 Å². The average Bonchev–Trinajstić information content (AvgIpc) is 3.13. The van der Waals surface area contributed by atoms with Gasteiger partial charge in [0.25, 0.3) is 5.91 Å². The van der Waals surface area contributed by atoms with Gasteiger partial charge in [0.15, 0.2) is 0 Å². The fourth-order valence-corrected chi connectivity index (χ4v) is 3.20. The maximum absolute atomic E-state index is 13.1. The lowest BCUT2D eigenvalue weighted by Crippen LogP contribution is -2.42. The number of carbonyl (C=O) groups is 1. The number of carbonyl (C=O) groups excluding carboxylic acids is 1. The van der Waals surface area contributed by atoms with Gasteiger partial charge in [0.1, 0.15) is 17.7 Å². The predicted molar refractivity (Wildman–Crippen MR) is 94.5 cm³/mol. The van der Waals surface area contributed by atoms with Gasteiger partial charge in [-0.3, -0.25) is 4.79 Å². The zero-order valence-corrected chi connectivity index (χ0v) is 13.9. The molecule has 25 heavy (non-hydrogen) atoms. The molecule has 0 aliphatic carbocycles. The number of para-hydroxylation sites is 1. The van der Waals surface area contributed by atoms with Crippen LogP contribution in [0.4, 0.5) is 5.69 Å². The molecule has 3 aromatic rings. The lowest BCUT2D eigenvalue weighted by molar-refractivity contribution is 0.0649. The van der Waals surface area contributed by atoms with Crippen molar-refractivity contribution >= 4 is 23.2 Å². The molecule has 5 nitrogen and oxygen atoms in total. The van der Waals surface area contributed by atoms with E-state index in [4.69, 9.17) is 16.0 Å². The number of halogens is 1. The Morgan fingerprint density at radius 1 is 1.16 bits per heavy atom. The van der Waals surface area contributed by atoms with Gasteiger partial charge in [-0.15, -0.1) is 0 Å². The second-order valence-electron chi connectivity index (χ2n) is 5.81. The van der Waals surface area contributed by atoms with Gasteiger partial charge in [-0.05, 0) is 42.5 Å². The zero-order chi connectivity index (χ0) is 17.4. The van der Waals surface area contributed by atoms with Crippen LogP contribution in [0.25, 0.3) is 0 Å². The van der Waals surface area contributed by atoms with E-state index in [1.165, 1.54) is 6.07 Å². The van der Waals surface area contributed by atoms with E-state index in [-0.39, 0.29) is 18.2 Å². The Balaban J connectivity index is 1.81. The van der Waals surface area contributed by atoms with E-state index in [1.54, 1.807) is 35.4 Å². The normalized spacial score (nSPS) is 16.4. The van der Waals surface area contributed by atoms with Crippen molar-refractivity contribution in [1.29, 1.82) is 0 Å². The first-order chi connectivity index (χ1) is 12.1. The fourth-order valence-electron chi connectivity index (χ4n) is 3.02. The van der Waals surface area contributed by atoms with E-state index in [0.29, 0.717) is 27.6 Å². The van der Waals surface area contributed by atoms with Crippen molar-refractivity contribution < 1.29 is 14.3 Å². The molecule has 2 heterocycles. The van der Waals surface area contributed by atoms with Gasteiger partial charge in [0, 0.05) is 16.3 Å². The first kappa shape index (κ1) is 15.6. The molecule has 1 atom stereocenters. The molecule has 2 aromatic carbocycles. The van der Waals surface area contributed by atoms with Gasteiger partial charge in [0.05, 0.1) is 18.4 Å². The highest BCUT2D eigenvalue weighted by molar-refractivity contribution is 6.30. The molecule has 2 N–H and O–H groups in total. The highest BCUT2D eigenvalue weighted by Gasteiger charge is 2.34. The number of phenolic OH excluding ortho intramolecular Hbond substituents is 1. The minimum absolute atomic E-state index is 0.0681. The number of furan rings is 1. The predicted octanol–water partition coefficient (Wildman–Crippen LogP) is 4.41. The summed E-state index contributed by atoms with van der Waals surface area (Å²) in [6, 6.07) is 15.7. The highest BCUT2D eigenvalue weighted by Crippen LogP contribution is 2.38. The number of hydrogen-bond donors (Lipinski definition) is 2. The van der Waals surface area contributed by atoms with Gasteiger partial charge in [-0.25, -0.2) is 0 Å². The molecule has 0 saturated heterocycles. The number of benzene rings is 2. The van der Waals surface area contributed by atoms with Gasteiger partial charge in [0.2, 0.25) is 0 Å². The number of rotatable bonds is 3. The Hall–Kier alpha value is -2.92. The highest BCUT2D eigenvalue weighted by atomic mass is 35.5. The lowest BCUT2D eigenvalue weighted by atomic mass is 10.0. The third-order valence-electron chi connectivity index (χ3n) is 4.21. The third kappa shape index (κ3) is 2.83. The monoisotopic (exact) mass is 354 g/mol. The van der Waals surface area contributed by atoms with Crippen LogP contribution in [-0.4, -0.2) is 15.9 Å². The molecule has 0 fully saturated rings. The van der Waals surface area contributed by atoms with Gasteiger partial charge < -0.3 is 19.7 Å². The Kier molecular flexibility index (Phi) is 3.86.